The first-order valence-corrected chi connectivity index (χ1v) is 4.41. The summed E-state index contributed by atoms with van der Waals surface area (Å²) in [7, 11) is 0. The largest absolute Gasteiger partial charge is 0.434 e. The van der Waals surface area contributed by atoms with Crippen LogP contribution in [0, 0.1) is 0 Å². The van der Waals surface area contributed by atoms with Gasteiger partial charge in [0.25, 0.3) is 5.92 Å². The van der Waals surface area contributed by atoms with E-state index in [2.05, 4.69) is 0 Å². The Morgan fingerprint density at radius 3 is 1.41 bits per heavy atom. The molecule has 0 radical (unpaired) electrons. The zero-order chi connectivity index (χ0) is 14.3. The Balaban J connectivity index is 5.93. The van der Waals surface area contributed by atoms with E-state index < -0.39 is 36.3 Å². The molecule has 0 aliphatic heterocycles. The van der Waals surface area contributed by atoms with Crippen LogP contribution in [0.25, 0.3) is 0 Å². The van der Waals surface area contributed by atoms with Crippen LogP contribution >= 0.6 is 0 Å². The van der Waals surface area contributed by atoms with Gasteiger partial charge in [0.05, 0.1) is 0 Å². The minimum Gasteiger partial charge on any atom is -0.241 e. The number of halogens is 9. The Hall–Kier alpha value is -0.630. The van der Waals surface area contributed by atoms with Crippen LogP contribution in [0.15, 0.2) is 0 Å². The van der Waals surface area contributed by atoms with Gasteiger partial charge in [-0.1, -0.05) is 6.92 Å². The molecule has 0 nitrogen and oxygen atoms in total. The van der Waals surface area contributed by atoms with Crippen molar-refractivity contribution >= 4 is 0 Å². The van der Waals surface area contributed by atoms with E-state index in [0.717, 1.165) is 0 Å². The average Bonchev–Trinajstić information content (AvgIpc) is 2.13. The molecule has 0 aromatic carbocycles. The molecule has 9 heteroatoms. The zero-order valence-electron chi connectivity index (χ0n) is 8.69. The molecule has 2 atom stereocenters. The smallest absolute Gasteiger partial charge is 0.241 e. The molecular weight excluding hydrogens is 267 g/mol. The van der Waals surface area contributed by atoms with Crippen molar-refractivity contribution in [3.05, 3.63) is 0 Å². The van der Waals surface area contributed by atoms with Gasteiger partial charge in [0.1, 0.15) is 0 Å². The zero-order valence-corrected chi connectivity index (χ0v) is 8.69. The fourth-order valence-corrected chi connectivity index (χ4v) is 1.16. The fraction of sp³-hybridized carbons (Fsp3) is 1.00. The van der Waals surface area contributed by atoms with Crippen LogP contribution in [0.2, 0.25) is 0 Å². The molecule has 0 rings (SSSR count). The highest BCUT2D eigenvalue weighted by Gasteiger charge is 2.83. The summed E-state index contributed by atoms with van der Waals surface area (Å²) in [6.07, 6.45) is -12.2. The molecule has 0 saturated carbocycles. The highest BCUT2D eigenvalue weighted by Crippen LogP contribution is 2.56. The van der Waals surface area contributed by atoms with Crippen molar-refractivity contribution in [1.82, 2.24) is 0 Å². The summed E-state index contributed by atoms with van der Waals surface area (Å²) in [5.74, 6) is -11.3. The van der Waals surface area contributed by atoms with Crippen LogP contribution in [0.4, 0.5) is 39.5 Å². The van der Waals surface area contributed by atoms with Gasteiger partial charge in [-0.3, -0.25) is 0 Å². The Kier molecular flexibility index (Phi) is 4.08. The molecule has 0 amide bonds. The maximum atomic E-state index is 13.2. The average molecular weight is 276 g/mol. The number of hydrogen-bond donors (Lipinski definition) is 0. The van der Waals surface area contributed by atoms with Crippen LogP contribution in [0.5, 0.6) is 0 Å². The van der Waals surface area contributed by atoms with E-state index >= 15 is 0 Å². The van der Waals surface area contributed by atoms with Crippen molar-refractivity contribution in [2.24, 2.45) is 0 Å². The monoisotopic (exact) mass is 276 g/mol. The van der Waals surface area contributed by atoms with E-state index in [1.165, 1.54) is 0 Å². The summed E-state index contributed by atoms with van der Waals surface area (Å²) in [5, 5.41) is 0. The minimum absolute atomic E-state index is 0.119. The first-order valence-electron chi connectivity index (χ1n) is 4.41. The van der Waals surface area contributed by atoms with Crippen molar-refractivity contribution < 1.29 is 39.5 Å². The third-order valence-electron chi connectivity index (χ3n) is 2.30. The molecule has 0 aromatic rings. The first-order chi connectivity index (χ1) is 7.25. The summed E-state index contributed by atoms with van der Waals surface area (Å²) >= 11 is 0. The van der Waals surface area contributed by atoms with Crippen LogP contribution in [0.3, 0.4) is 0 Å². The van der Waals surface area contributed by atoms with Crippen molar-refractivity contribution in [3.8, 4) is 0 Å². The molecule has 2 unspecified atom stereocenters. The first kappa shape index (κ1) is 16.4. The van der Waals surface area contributed by atoms with Crippen molar-refractivity contribution in [2.45, 2.75) is 50.1 Å². The molecular formula is C8H9F9. The summed E-state index contributed by atoms with van der Waals surface area (Å²) in [5.41, 5.74) is -6.24. The number of hydrogen-bond acceptors (Lipinski definition) is 0. The second kappa shape index (κ2) is 4.24. The van der Waals surface area contributed by atoms with Gasteiger partial charge in [0.2, 0.25) is 0 Å². The highest BCUT2D eigenvalue weighted by atomic mass is 19.4. The van der Waals surface area contributed by atoms with E-state index in [1.807, 2.05) is 0 Å². The maximum absolute atomic E-state index is 13.2. The third kappa shape index (κ3) is 2.20. The lowest BCUT2D eigenvalue weighted by Crippen LogP contribution is -2.68. The Labute approximate surface area is 90.8 Å². The topological polar surface area (TPSA) is 0 Å². The molecule has 0 bridgehead atoms. The molecule has 0 N–H and O–H groups in total. The molecule has 0 spiro atoms. The summed E-state index contributed by atoms with van der Waals surface area (Å²) < 4.78 is 113. The van der Waals surface area contributed by atoms with Crippen LogP contribution in [0.1, 0.15) is 20.3 Å². The lowest BCUT2D eigenvalue weighted by Gasteiger charge is -2.40. The van der Waals surface area contributed by atoms with Gasteiger partial charge in [-0.15, -0.1) is 0 Å². The van der Waals surface area contributed by atoms with Gasteiger partial charge < -0.3 is 0 Å². The molecule has 0 aliphatic rings. The summed E-state index contributed by atoms with van der Waals surface area (Å²) in [6, 6.07) is 0. The predicted octanol–water partition coefficient (Wildman–Crippen LogP) is 4.30. The van der Waals surface area contributed by atoms with E-state index in [1.54, 1.807) is 0 Å². The van der Waals surface area contributed by atoms with Gasteiger partial charge in [-0.05, 0) is 6.92 Å². The SMILES string of the molecule is CCC(F)(F)C(F)(C(F)(F)F)C(F)(F)C(C)F. The van der Waals surface area contributed by atoms with E-state index in [0.29, 0.717) is 6.92 Å². The standard InChI is InChI=1S/C8H9F9/c1-3-5(10,11)7(14,8(15,16)17)6(12,13)4(2)9/h4H,3H2,1-2H3. The Morgan fingerprint density at radius 1 is 0.882 bits per heavy atom. The van der Waals surface area contributed by atoms with Gasteiger partial charge in [-0.25, -0.2) is 17.6 Å². The number of alkyl halides is 9. The molecule has 17 heavy (non-hydrogen) atoms. The second-order valence-electron chi connectivity index (χ2n) is 3.45. The highest BCUT2D eigenvalue weighted by molar-refractivity contribution is 5.10. The van der Waals surface area contributed by atoms with Crippen molar-refractivity contribution in [1.29, 1.82) is 0 Å². The molecule has 0 aromatic heterocycles. The maximum Gasteiger partial charge on any atom is 0.434 e. The molecule has 0 heterocycles. The minimum atomic E-state index is -6.60. The Morgan fingerprint density at radius 2 is 1.24 bits per heavy atom. The molecule has 104 valence electrons. The lowest BCUT2D eigenvalue weighted by atomic mass is 9.85. The van der Waals surface area contributed by atoms with Gasteiger partial charge in [0.15, 0.2) is 6.17 Å². The summed E-state index contributed by atoms with van der Waals surface area (Å²) in [4.78, 5) is 0. The fourth-order valence-electron chi connectivity index (χ4n) is 1.16. The van der Waals surface area contributed by atoms with E-state index in [-0.39, 0.29) is 6.92 Å². The van der Waals surface area contributed by atoms with Crippen molar-refractivity contribution in [3.63, 3.8) is 0 Å². The molecule has 0 aliphatic carbocycles. The van der Waals surface area contributed by atoms with E-state index in [4.69, 9.17) is 0 Å². The predicted molar refractivity (Wildman–Crippen MR) is 40.6 cm³/mol. The summed E-state index contributed by atoms with van der Waals surface area (Å²) in [6.45, 7) is 0.269. The van der Waals surface area contributed by atoms with Crippen LogP contribution < -0.4 is 0 Å². The van der Waals surface area contributed by atoms with Gasteiger partial charge >= 0.3 is 17.8 Å². The number of rotatable bonds is 4. The van der Waals surface area contributed by atoms with Crippen molar-refractivity contribution in [2.75, 3.05) is 0 Å². The van der Waals surface area contributed by atoms with Gasteiger partial charge in [0, 0.05) is 6.42 Å². The normalized spacial score (nSPS) is 19.9. The van der Waals surface area contributed by atoms with Gasteiger partial charge in [-0.2, -0.15) is 22.0 Å². The van der Waals surface area contributed by atoms with Crippen LogP contribution in [-0.2, 0) is 0 Å². The Bertz CT molecular complexity index is 267. The molecule has 0 fully saturated rings. The molecule has 0 saturated heterocycles. The quantitative estimate of drug-likeness (QED) is 0.672. The second-order valence-corrected chi connectivity index (χ2v) is 3.45. The van der Waals surface area contributed by atoms with Crippen LogP contribution in [-0.4, -0.2) is 29.9 Å². The lowest BCUT2D eigenvalue weighted by molar-refractivity contribution is -0.374. The van der Waals surface area contributed by atoms with E-state index in [9.17, 15) is 39.5 Å². The third-order valence-corrected chi connectivity index (χ3v) is 2.30.